The summed E-state index contributed by atoms with van der Waals surface area (Å²) in [5.74, 6) is 0.936. The van der Waals surface area contributed by atoms with Crippen molar-refractivity contribution in [3.63, 3.8) is 0 Å². The van der Waals surface area contributed by atoms with Crippen molar-refractivity contribution in [2.24, 2.45) is 0 Å². The highest BCUT2D eigenvalue weighted by atomic mass is 32.1. The Morgan fingerprint density at radius 2 is 1.86 bits per heavy atom. The van der Waals surface area contributed by atoms with Gasteiger partial charge in [-0.2, -0.15) is 4.68 Å². The molecule has 2 aromatic heterocycles. The molecule has 0 bridgehead atoms. The number of benzene rings is 1. The van der Waals surface area contributed by atoms with Crippen LogP contribution < -0.4 is 4.90 Å². The van der Waals surface area contributed by atoms with Crippen molar-refractivity contribution in [3.05, 3.63) is 71.3 Å². The maximum Gasteiger partial charge on any atom is 0.203 e. The third kappa shape index (κ3) is 3.98. The molecule has 0 radical (unpaired) electrons. The van der Waals surface area contributed by atoms with Crippen LogP contribution in [0.2, 0.25) is 0 Å². The zero-order valence-corrected chi connectivity index (χ0v) is 17.0. The number of nitrogens with zero attached hydrogens (tertiary/aromatic N) is 4. The molecule has 0 spiro atoms. The van der Waals surface area contributed by atoms with Crippen LogP contribution in [0.5, 0.6) is 0 Å². The topological polar surface area (TPSA) is 40.1 Å². The third-order valence-electron chi connectivity index (χ3n) is 5.21. The Morgan fingerprint density at radius 3 is 2.54 bits per heavy atom. The zero-order chi connectivity index (χ0) is 19.3. The van der Waals surface area contributed by atoms with Gasteiger partial charge in [-0.25, -0.2) is 0 Å². The number of hydrogen-bond donors (Lipinski definition) is 1. The number of rotatable bonds is 6. The Balaban J connectivity index is 1.54. The van der Waals surface area contributed by atoms with Crippen LogP contribution in [0, 0.1) is 4.77 Å². The second-order valence-electron chi connectivity index (χ2n) is 7.20. The van der Waals surface area contributed by atoms with Crippen molar-refractivity contribution < 1.29 is 4.90 Å². The van der Waals surface area contributed by atoms with Gasteiger partial charge < -0.3 is 4.90 Å². The van der Waals surface area contributed by atoms with Gasteiger partial charge in [0, 0.05) is 30.9 Å². The predicted molar refractivity (Wildman–Crippen MR) is 114 cm³/mol. The predicted octanol–water partition coefficient (Wildman–Crippen LogP) is 3.22. The van der Waals surface area contributed by atoms with E-state index < -0.39 is 0 Å². The monoisotopic (exact) mass is 392 g/mol. The average Bonchev–Trinajstić information content (AvgIpc) is 3.06. The summed E-state index contributed by atoms with van der Waals surface area (Å²) in [7, 11) is 0. The van der Waals surface area contributed by atoms with Gasteiger partial charge in [0.15, 0.2) is 12.5 Å². The van der Waals surface area contributed by atoms with Gasteiger partial charge in [0.25, 0.3) is 0 Å². The minimum absolute atomic E-state index is 0.798. The maximum atomic E-state index is 5.77. The van der Waals surface area contributed by atoms with E-state index >= 15 is 0 Å². The van der Waals surface area contributed by atoms with Crippen molar-refractivity contribution >= 4 is 17.8 Å². The van der Waals surface area contributed by atoms with Gasteiger partial charge >= 0.3 is 0 Å². The number of hydrogen-bond acceptors (Lipinski definition) is 3. The number of aromatic nitrogens is 4. The average molecular weight is 393 g/mol. The first kappa shape index (κ1) is 18.8. The van der Waals surface area contributed by atoms with Crippen LogP contribution in [0.3, 0.4) is 0 Å². The Labute approximate surface area is 171 Å². The van der Waals surface area contributed by atoms with Gasteiger partial charge in [0.2, 0.25) is 4.77 Å². The summed E-state index contributed by atoms with van der Waals surface area (Å²) in [6.07, 6.45) is 8.08. The molecule has 0 aliphatic carbocycles. The molecular formula is C22H26N5S+. The number of pyridine rings is 1. The van der Waals surface area contributed by atoms with Crippen molar-refractivity contribution in [2.45, 2.75) is 33.0 Å². The van der Waals surface area contributed by atoms with Crippen molar-refractivity contribution in [3.8, 4) is 11.4 Å². The molecule has 3 heterocycles. The van der Waals surface area contributed by atoms with Crippen LogP contribution in [0.15, 0.2) is 60.9 Å². The van der Waals surface area contributed by atoms with E-state index in [0.717, 1.165) is 55.3 Å². The summed E-state index contributed by atoms with van der Waals surface area (Å²) >= 11 is 5.77. The van der Waals surface area contributed by atoms with E-state index in [2.05, 4.69) is 52.9 Å². The standard InChI is InChI=1S/C22H25N5S/c1-2-14-26-21(20-8-12-23-13-9-20)24-27(22(26)28)17-25-15-10-19(11-16-25)18-6-4-3-5-7-18/h3-10,12-13H,2,11,14-17H2,1H3/p+1. The molecule has 1 atom stereocenters. The fraction of sp³-hybridized carbons (Fsp3) is 0.318. The quantitative estimate of drug-likeness (QED) is 0.655. The second-order valence-corrected chi connectivity index (χ2v) is 7.57. The minimum Gasteiger partial charge on any atom is -0.313 e. The molecule has 0 saturated carbocycles. The number of quaternary nitrogens is 1. The van der Waals surface area contributed by atoms with Crippen molar-refractivity contribution in [1.82, 2.24) is 19.3 Å². The molecule has 0 amide bonds. The van der Waals surface area contributed by atoms with E-state index in [4.69, 9.17) is 17.3 Å². The summed E-state index contributed by atoms with van der Waals surface area (Å²) < 4.78 is 4.95. The summed E-state index contributed by atoms with van der Waals surface area (Å²) in [5.41, 5.74) is 3.85. The van der Waals surface area contributed by atoms with E-state index in [-0.39, 0.29) is 0 Å². The molecule has 4 rings (SSSR count). The first-order valence-electron chi connectivity index (χ1n) is 9.92. The van der Waals surface area contributed by atoms with Crippen molar-refractivity contribution in [1.29, 1.82) is 0 Å². The molecular weight excluding hydrogens is 366 g/mol. The lowest BCUT2D eigenvalue weighted by atomic mass is 10.00. The summed E-state index contributed by atoms with van der Waals surface area (Å²) in [5, 5.41) is 4.88. The summed E-state index contributed by atoms with van der Waals surface area (Å²) in [6.45, 7) is 5.93. The van der Waals surface area contributed by atoms with Crippen LogP contribution in [0.4, 0.5) is 0 Å². The van der Waals surface area contributed by atoms with E-state index in [1.807, 2.05) is 16.8 Å². The highest BCUT2D eigenvalue weighted by Gasteiger charge is 2.19. The first-order chi connectivity index (χ1) is 13.8. The van der Waals surface area contributed by atoms with E-state index in [1.54, 1.807) is 12.4 Å². The lowest BCUT2D eigenvalue weighted by molar-refractivity contribution is -0.918. The van der Waals surface area contributed by atoms with Crippen LogP contribution in [-0.2, 0) is 13.2 Å². The Bertz CT molecular complexity index is 1000. The van der Waals surface area contributed by atoms with Crippen LogP contribution in [0.25, 0.3) is 17.0 Å². The highest BCUT2D eigenvalue weighted by Crippen LogP contribution is 2.19. The van der Waals surface area contributed by atoms with Gasteiger partial charge in [-0.15, -0.1) is 5.10 Å². The fourth-order valence-corrected chi connectivity index (χ4v) is 4.02. The lowest BCUT2D eigenvalue weighted by Crippen LogP contribution is -3.11. The summed E-state index contributed by atoms with van der Waals surface area (Å²) in [4.78, 5) is 5.61. The maximum absolute atomic E-state index is 5.77. The molecule has 1 aliphatic rings. The second kappa shape index (κ2) is 8.63. The molecule has 6 heteroatoms. The van der Waals surface area contributed by atoms with E-state index in [0.29, 0.717) is 0 Å². The SMILES string of the molecule is CCCn1c(-c2ccncc2)nn(C[NH+]2CC=C(c3ccccc3)CC2)c1=S. The van der Waals surface area contributed by atoms with Crippen LogP contribution in [0.1, 0.15) is 25.3 Å². The molecule has 1 aromatic carbocycles. The molecule has 0 fully saturated rings. The normalized spacial score (nSPS) is 16.8. The molecule has 3 aromatic rings. The van der Waals surface area contributed by atoms with Gasteiger partial charge in [0.1, 0.15) is 0 Å². The molecule has 0 saturated heterocycles. The summed E-state index contributed by atoms with van der Waals surface area (Å²) in [6, 6.07) is 14.7. The van der Waals surface area contributed by atoms with Gasteiger partial charge in [0.05, 0.1) is 13.1 Å². The smallest absolute Gasteiger partial charge is 0.203 e. The zero-order valence-electron chi connectivity index (χ0n) is 16.2. The van der Waals surface area contributed by atoms with Crippen LogP contribution >= 0.6 is 12.2 Å². The van der Waals surface area contributed by atoms with Gasteiger partial charge in [-0.3, -0.25) is 9.55 Å². The van der Waals surface area contributed by atoms with Crippen molar-refractivity contribution in [2.75, 3.05) is 13.1 Å². The molecule has 1 unspecified atom stereocenters. The largest absolute Gasteiger partial charge is 0.313 e. The lowest BCUT2D eigenvalue weighted by Gasteiger charge is -2.23. The Kier molecular flexibility index (Phi) is 5.78. The molecule has 144 valence electrons. The Hall–Kier alpha value is -2.57. The van der Waals surface area contributed by atoms with Gasteiger partial charge in [-0.1, -0.05) is 37.3 Å². The molecule has 28 heavy (non-hydrogen) atoms. The van der Waals surface area contributed by atoms with Gasteiger partial charge in [-0.05, 0) is 48.0 Å². The molecule has 1 aliphatic heterocycles. The first-order valence-corrected chi connectivity index (χ1v) is 10.3. The van der Waals surface area contributed by atoms with E-state index in [9.17, 15) is 0 Å². The van der Waals surface area contributed by atoms with E-state index in [1.165, 1.54) is 16.0 Å². The third-order valence-corrected chi connectivity index (χ3v) is 5.64. The van der Waals surface area contributed by atoms with Crippen LogP contribution in [-0.4, -0.2) is 32.4 Å². The molecule has 1 N–H and O–H groups in total. The Morgan fingerprint density at radius 1 is 1.07 bits per heavy atom. The minimum atomic E-state index is 0.798. The highest BCUT2D eigenvalue weighted by molar-refractivity contribution is 7.71. The molecule has 5 nitrogen and oxygen atoms in total. The number of nitrogens with one attached hydrogen (secondary N) is 1. The fourth-order valence-electron chi connectivity index (χ4n) is 3.74.